The Morgan fingerprint density at radius 3 is 2.95 bits per heavy atom. The van der Waals surface area contributed by atoms with Gasteiger partial charge in [-0.1, -0.05) is 13.3 Å². The maximum Gasteiger partial charge on any atom is 0.0446 e. The van der Waals surface area contributed by atoms with Crippen molar-refractivity contribution in [2.24, 2.45) is 0 Å². The molecule has 2 N–H and O–H groups in total. The average Bonchev–Trinajstić information content (AvgIpc) is 2.45. The molecule has 0 amide bonds. The van der Waals surface area contributed by atoms with Crippen LogP contribution in [0.4, 0.5) is 0 Å². The van der Waals surface area contributed by atoms with Gasteiger partial charge >= 0.3 is 0 Å². The number of fused-ring (bicyclic) bond motifs is 1. The maximum absolute atomic E-state index is 9.19. The van der Waals surface area contributed by atoms with Crippen molar-refractivity contribution < 1.29 is 5.11 Å². The van der Waals surface area contributed by atoms with Gasteiger partial charge in [0.2, 0.25) is 0 Å². The zero-order valence-electron chi connectivity index (χ0n) is 12.5. The summed E-state index contributed by atoms with van der Waals surface area (Å²) in [6, 6.07) is 1.25. The van der Waals surface area contributed by atoms with Crippen molar-refractivity contribution in [3.63, 3.8) is 0 Å². The lowest BCUT2D eigenvalue weighted by atomic mass is 9.99. The minimum absolute atomic E-state index is 0.296. The Kier molecular flexibility index (Phi) is 6.57. The second-order valence-electron chi connectivity index (χ2n) is 6.11. The minimum Gasteiger partial charge on any atom is -0.396 e. The molecule has 2 heterocycles. The molecule has 2 aliphatic rings. The number of aliphatic hydroxyl groups is 1. The van der Waals surface area contributed by atoms with E-state index in [2.05, 4.69) is 22.0 Å². The Labute approximate surface area is 118 Å². The molecule has 2 fully saturated rings. The summed E-state index contributed by atoms with van der Waals surface area (Å²) in [5.74, 6) is 0. The van der Waals surface area contributed by atoms with E-state index in [9.17, 15) is 5.11 Å². The molecule has 112 valence electrons. The molecule has 2 saturated heterocycles. The first-order valence-corrected chi connectivity index (χ1v) is 8.14. The molecule has 0 aliphatic carbocycles. The van der Waals surface area contributed by atoms with E-state index in [4.69, 9.17) is 0 Å². The molecule has 4 heteroatoms. The van der Waals surface area contributed by atoms with Crippen molar-refractivity contribution in [1.82, 2.24) is 15.1 Å². The molecule has 19 heavy (non-hydrogen) atoms. The Bertz CT molecular complexity index is 250. The summed E-state index contributed by atoms with van der Waals surface area (Å²) in [6.45, 7) is 9.65. The third-order valence-corrected chi connectivity index (χ3v) is 4.56. The van der Waals surface area contributed by atoms with Gasteiger partial charge in [-0.15, -0.1) is 0 Å². The van der Waals surface area contributed by atoms with Crippen LogP contribution in [0.5, 0.6) is 0 Å². The molecular weight excluding hydrogens is 238 g/mol. The van der Waals surface area contributed by atoms with Crippen molar-refractivity contribution in [2.75, 3.05) is 45.9 Å². The third-order valence-electron chi connectivity index (χ3n) is 4.56. The fourth-order valence-corrected chi connectivity index (χ4v) is 3.46. The van der Waals surface area contributed by atoms with Crippen LogP contribution in [0.25, 0.3) is 0 Å². The number of hydrogen-bond donors (Lipinski definition) is 2. The van der Waals surface area contributed by atoms with Crippen LogP contribution >= 0.6 is 0 Å². The molecule has 0 bridgehead atoms. The smallest absolute Gasteiger partial charge is 0.0446 e. The number of piperazine rings is 1. The van der Waals surface area contributed by atoms with E-state index >= 15 is 0 Å². The molecule has 2 atom stereocenters. The van der Waals surface area contributed by atoms with Crippen LogP contribution in [0.2, 0.25) is 0 Å². The highest BCUT2D eigenvalue weighted by Gasteiger charge is 2.29. The van der Waals surface area contributed by atoms with E-state index < -0.39 is 0 Å². The summed E-state index contributed by atoms with van der Waals surface area (Å²) in [5, 5.41) is 12.8. The monoisotopic (exact) mass is 269 g/mol. The first-order valence-electron chi connectivity index (χ1n) is 8.14. The number of piperidine rings is 1. The van der Waals surface area contributed by atoms with Crippen molar-refractivity contribution in [3.8, 4) is 0 Å². The zero-order chi connectivity index (χ0) is 13.5. The number of hydrogen-bond acceptors (Lipinski definition) is 4. The molecular formula is C15H31N3O. The summed E-state index contributed by atoms with van der Waals surface area (Å²) in [7, 11) is 0. The van der Waals surface area contributed by atoms with Gasteiger partial charge in [0.25, 0.3) is 0 Å². The van der Waals surface area contributed by atoms with E-state index in [1.54, 1.807) is 0 Å². The van der Waals surface area contributed by atoms with Gasteiger partial charge in [0.1, 0.15) is 0 Å². The van der Waals surface area contributed by atoms with Gasteiger partial charge in [-0.25, -0.2) is 0 Å². The molecule has 0 aromatic heterocycles. The molecule has 0 radical (unpaired) electrons. The van der Waals surface area contributed by atoms with Crippen LogP contribution in [-0.4, -0.2) is 72.9 Å². The van der Waals surface area contributed by atoms with E-state index in [-0.39, 0.29) is 0 Å². The van der Waals surface area contributed by atoms with Gasteiger partial charge in [-0.3, -0.25) is 9.80 Å². The first kappa shape index (κ1) is 15.2. The Morgan fingerprint density at radius 2 is 2.16 bits per heavy atom. The summed E-state index contributed by atoms with van der Waals surface area (Å²) < 4.78 is 0. The standard InChI is InChI=1S/C15H31N3O/c1-2-7-16-14(6-11-19)12-17-9-10-18-8-4-3-5-15(18)13-17/h14-16,19H,2-13H2,1H3. The van der Waals surface area contributed by atoms with Crippen LogP contribution in [0, 0.1) is 0 Å². The van der Waals surface area contributed by atoms with Crippen LogP contribution < -0.4 is 5.32 Å². The normalized spacial score (nSPS) is 27.2. The topological polar surface area (TPSA) is 38.7 Å². The largest absolute Gasteiger partial charge is 0.396 e. The maximum atomic E-state index is 9.19. The predicted octanol–water partition coefficient (Wildman–Crippen LogP) is 0.907. The van der Waals surface area contributed by atoms with E-state index in [0.717, 1.165) is 25.6 Å². The Balaban J connectivity index is 1.77. The predicted molar refractivity (Wildman–Crippen MR) is 79.4 cm³/mol. The second kappa shape index (κ2) is 8.20. The zero-order valence-corrected chi connectivity index (χ0v) is 12.5. The molecule has 0 spiro atoms. The number of rotatable bonds is 7. The number of aliphatic hydroxyl groups excluding tert-OH is 1. The Hall–Kier alpha value is -0.160. The SMILES string of the molecule is CCCNC(CCO)CN1CCN2CCCCC2C1. The van der Waals surface area contributed by atoms with Gasteiger partial charge in [0.05, 0.1) is 0 Å². The van der Waals surface area contributed by atoms with Gasteiger partial charge in [-0.2, -0.15) is 0 Å². The molecule has 2 unspecified atom stereocenters. The van der Waals surface area contributed by atoms with Gasteiger partial charge in [-0.05, 0) is 38.8 Å². The van der Waals surface area contributed by atoms with Crippen molar-refractivity contribution >= 4 is 0 Å². The number of nitrogens with one attached hydrogen (secondary N) is 1. The molecule has 2 aliphatic heterocycles. The fraction of sp³-hybridized carbons (Fsp3) is 1.00. The fourth-order valence-electron chi connectivity index (χ4n) is 3.46. The van der Waals surface area contributed by atoms with Gasteiger partial charge < -0.3 is 10.4 Å². The minimum atomic E-state index is 0.296. The molecule has 4 nitrogen and oxygen atoms in total. The van der Waals surface area contributed by atoms with Gasteiger partial charge in [0, 0.05) is 44.9 Å². The van der Waals surface area contributed by atoms with Crippen LogP contribution in [-0.2, 0) is 0 Å². The lowest BCUT2D eigenvalue weighted by Crippen LogP contribution is -2.57. The highest BCUT2D eigenvalue weighted by molar-refractivity contribution is 4.86. The average molecular weight is 269 g/mol. The summed E-state index contributed by atoms with van der Waals surface area (Å²) >= 11 is 0. The molecule has 0 aromatic carbocycles. The van der Waals surface area contributed by atoms with Crippen LogP contribution in [0.1, 0.15) is 39.0 Å². The van der Waals surface area contributed by atoms with E-state index in [0.29, 0.717) is 12.6 Å². The Morgan fingerprint density at radius 1 is 1.26 bits per heavy atom. The third kappa shape index (κ3) is 4.71. The number of nitrogens with zero attached hydrogens (tertiary/aromatic N) is 2. The van der Waals surface area contributed by atoms with Crippen LogP contribution in [0.3, 0.4) is 0 Å². The van der Waals surface area contributed by atoms with Gasteiger partial charge in [0.15, 0.2) is 0 Å². The van der Waals surface area contributed by atoms with Crippen molar-refractivity contribution in [3.05, 3.63) is 0 Å². The van der Waals surface area contributed by atoms with E-state index in [1.165, 1.54) is 51.9 Å². The first-order chi connectivity index (χ1) is 9.33. The lowest BCUT2D eigenvalue weighted by molar-refractivity contribution is 0.0433. The van der Waals surface area contributed by atoms with Crippen LogP contribution in [0.15, 0.2) is 0 Å². The summed E-state index contributed by atoms with van der Waals surface area (Å²) in [4.78, 5) is 5.29. The quantitative estimate of drug-likeness (QED) is 0.720. The summed E-state index contributed by atoms with van der Waals surface area (Å²) in [6.07, 6.45) is 6.22. The highest BCUT2D eigenvalue weighted by Crippen LogP contribution is 2.21. The molecule has 0 saturated carbocycles. The van der Waals surface area contributed by atoms with E-state index in [1.807, 2.05) is 0 Å². The summed E-state index contributed by atoms with van der Waals surface area (Å²) in [5.41, 5.74) is 0. The second-order valence-corrected chi connectivity index (χ2v) is 6.11. The molecule has 2 rings (SSSR count). The highest BCUT2D eigenvalue weighted by atomic mass is 16.3. The van der Waals surface area contributed by atoms with Crippen molar-refractivity contribution in [1.29, 1.82) is 0 Å². The molecule has 0 aromatic rings. The van der Waals surface area contributed by atoms with Crippen molar-refractivity contribution in [2.45, 2.75) is 51.1 Å². The lowest BCUT2D eigenvalue weighted by Gasteiger charge is -2.45.